The van der Waals surface area contributed by atoms with Crippen LogP contribution in [0, 0.1) is 25.6 Å². The molecular formula is C19H17ClFN3O3. The zero-order valence-electron chi connectivity index (χ0n) is 14.7. The lowest BCUT2D eigenvalue weighted by molar-refractivity contribution is -0.130. The highest BCUT2D eigenvalue weighted by Gasteiger charge is 2.39. The number of benzene rings is 2. The molecule has 1 fully saturated rings. The first-order chi connectivity index (χ1) is 12.8. The van der Waals surface area contributed by atoms with Gasteiger partial charge in [-0.15, -0.1) is 0 Å². The summed E-state index contributed by atoms with van der Waals surface area (Å²) in [6, 6.07) is 8.18. The summed E-state index contributed by atoms with van der Waals surface area (Å²) in [5.74, 6) is -3.04. The summed E-state index contributed by atoms with van der Waals surface area (Å²) >= 11 is 5.74. The van der Waals surface area contributed by atoms with Gasteiger partial charge in [0.05, 0.1) is 10.7 Å². The summed E-state index contributed by atoms with van der Waals surface area (Å²) in [5.41, 5.74) is 2.73. The molecule has 8 heteroatoms. The van der Waals surface area contributed by atoms with Crippen molar-refractivity contribution in [2.45, 2.75) is 13.8 Å². The number of amides is 4. The van der Waals surface area contributed by atoms with Gasteiger partial charge in [-0.1, -0.05) is 17.7 Å². The van der Waals surface area contributed by atoms with Gasteiger partial charge in [-0.25, -0.2) is 14.1 Å². The van der Waals surface area contributed by atoms with E-state index < -0.39 is 29.6 Å². The normalized spacial score (nSPS) is 16.9. The maximum absolute atomic E-state index is 13.4. The topological polar surface area (TPSA) is 78.5 Å². The highest BCUT2D eigenvalue weighted by Crippen LogP contribution is 2.26. The highest BCUT2D eigenvalue weighted by molar-refractivity contribution is 6.31. The van der Waals surface area contributed by atoms with Crippen LogP contribution in [0.25, 0.3) is 0 Å². The molecule has 1 unspecified atom stereocenters. The summed E-state index contributed by atoms with van der Waals surface area (Å²) in [6.45, 7) is 3.74. The highest BCUT2D eigenvalue weighted by atomic mass is 35.5. The molecule has 0 spiro atoms. The second kappa shape index (κ2) is 7.36. The Labute approximate surface area is 160 Å². The Kier molecular flexibility index (Phi) is 5.14. The van der Waals surface area contributed by atoms with Crippen LogP contribution in [-0.2, 0) is 9.59 Å². The third-order valence-electron chi connectivity index (χ3n) is 4.43. The van der Waals surface area contributed by atoms with Gasteiger partial charge in [0.1, 0.15) is 11.7 Å². The van der Waals surface area contributed by atoms with Crippen LogP contribution in [0.1, 0.15) is 11.1 Å². The van der Waals surface area contributed by atoms with E-state index in [2.05, 4.69) is 10.6 Å². The number of nitrogens with zero attached hydrogens (tertiary/aromatic N) is 1. The molecule has 2 N–H and O–H groups in total. The van der Waals surface area contributed by atoms with Crippen LogP contribution < -0.4 is 15.5 Å². The predicted molar refractivity (Wildman–Crippen MR) is 100 cm³/mol. The number of halogens is 2. The van der Waals surface area contributed by atoms with Crippen LogP contribution in [-0.4, -0.2) is 24.4 Å². The number of hydrogen-bond acceptors (Lipinski definition) is 3. The van der Waals surface area contributed by atoms with E-state index in [1.165, 1.54) is 6.07 Å². The molecule has 0 radical (unpaired) electrons. The molecule has 6 nitrogen and oxygen atoms in total. The Morgan fingerprint density at radius 3 is 2.59 bits per heavy atom. The molecule has 1 heterocycles. The Bertz CT molecular complexity index is 948. The van der Waals surface area contributed by atoms with E-state index in [1.807, 2.05) is 19.9 Å². The molecule has 0 aromatic heterocycles. The van der Waals surface area contributed by atoms with Crippen molar-refractivity contribution in [2.75, 3.05) is 16.8 Å². The second-order valence-corrected chi connectivity index (χ2v) is 6.71. The maximum atomic E-state index is 13.4. The molecule has 0 aliphatic carbocycles. The quantitative estimate of drug-likeness (QED) is 0.789. The lowest BCUT2D eigenvalue weighted by atomic mass is 10.0. The monoisotopic (exact) mass is 389 g/mol. The van der Waals surface area contributed by atoms with Crippen LogP contribution in [0.2, 0.25) is 5.02 Å². The number of aryl methyl sites for hydroxylation is 2. The van der Waals surface area contributed by atoms with Crippen molar-refractivity contribution in [1.29, 1.82) is 0 Å². The van der Waals surface area contributed by atoms with E-state index in [0.717, 1.165) is 28.2 Å². The summed E-state index contributed by atoms with van der Waals surface area (Å²) < 4.78 is 13.4. The minimum atomic E-state index is -1.12. The number of carbonyl (C=O) groups excluding carboxylic acids is 3. The Hall–Kier alpha value is -2.93. The number of imide groups is 1. The number of carbonyl (C=O) groups is 3. The largest absolute Gasteiger partial charge is 0.336 e. The van der Waals surface area contributed by atoms with Crippen molar-refractivity contribution in [2.24, 2.45) is 5.92 Å². The standard InChI is InChI=1S/C19H17ClFN3O3/c1-10-3-4-12(7-11(10)2)23-17(25)14-9-22-19(27)24(18(14)26)13-5-6-16(21)15(20)8-13/h3-8,14H,9H2,1-2H3,(H,22,27)(H,23,25). The van der Waals surface area contributed by atoms with Crippen molar-refractivity contribution in [3.05, 3.63) is 58.4 Å². The lowest BCUT2D eigenvalue weighted by Crippen LogP contribution is -2.58. The molecule has 27 heavy (non-hydrogen) atoms. The van der Waals surface area contributed by atoms with Gasteiger partial charge in [0.25, 0.3) is 0 Å². The van der Waals surface area contributed by atoms with Gasteiger partial charge in [0.15, 0.2) is 0 Å². The predicted octanol–water partition coefficient (Wildman–Crippen LogP) is 3.41. The van der Waals surface area contributed by atoms with Gasteiger partial charge < -0.3 is 10.6 Å². The van der Waals surface area contributed by atoms with Crippen LogP contribution >= 0.6 is 11.6 Å². The lowest BCUT2D eigenvalue weighted by Gasteiger charge is -2.30. The van der Waals surface area contributed by atoms with Crippen molar-refractivity contribution >= 4 is 40.8 Å². The van der Waals surface area contributed by atoms with Gasteiger partial charge in [0, 0.05) is 12.2 Å². The van der Waals surface area contributed by atoms with Crippen molar-refractivity contribution < 1.29 is 18.8 Å². The summed E-state index contributed by atoms with van der Waals surface area (Å²) in [4.78, 5) is 38.3. The molecule has 2 aromatic carbocycles. The number of urea groups is 1. The Balaban J connectivity index is 1.82. The maximum Gasteiger partial charge on any atom is 0.328 e. The summed E-state index contributed by atoms with van der Waals surface area (Å²) in [7, 11) is 0. The van der Waals surface area contributed by atoms with Gasteiger partial charge in [0.2, 0.25) is 11.8 Å². The number of rotatable bonds is 3. The Morgan fingerprint density at radius 2 is 1.93 bits per heavy atom. The molecule has 0 bridgehead atoms. The minimum Gasteiger partial charge on any atom is -0.336 e. The summed E-state index contributed by atoms with van der Waals surface area (Å²) in [6.07, 6.45) is 0. The first kappa shape index (κ1) is 18.8. The zero-order valence-corrected chi connectivity index (χ0v) is 15.4. The number of anilines is 2. The fraction of sp³-hybridized carbons (Fsp3) is 0.211. The zero-order chi connectivity index (χ0) is 19.7. The molecule has 1 atom stereocenters. The van der Waals surface area contributed by atoms with E-state index in [1.54, 1.807) is 12.1 Å². The summed E-state index contributed by atoms with van der Waals surface area (Å²) in [5, 5.41) is 4.97. The molecule has 0 saturated carbocycles. The van der Waals surface area contributed by atoms with Gasteiger partial charge in [-0.3, -0.25) is 9.59 Å². The average Bonchev–Trinajstić information content (AvgIpc) is 2.61. The molecular weight excluding hydrogens is 373 g/mol. The third kappa shape index (κ3) is 3.78. The van der Waals surface area contributed by atoms with Crippen molar-refractivity contribution in [1.82, 2.24) is 5.32 Å². The van der Waals surface area contributed by atoms with Crippen molar-refractivity contribution in [3.8, 4) is 0 Å². The van der Waals surface area contributed by atoms with Crippen molar-refractivity contribution in [3.63, 3.8) is 0 Å². The number of hydrogen-bond donors (Lipinski definition) is 2. The van der Waals surface area contributed by atoms with Crippen LogP contribution in [0.15, 0.2) is 36.4 Å². The first-order valence-corrected chi connectivity index (χ1v) is 8.60. The second-order valence-electron chi connectivity index (χ2n) is 6.30. The number of nitrogens with one attached hydrogen (secondary N) is 2. The Morgan fingerprint density at radius 1 is 1.19 bits per heavy atom. The van der Waals surface area contributed by atoms with Gasteiger partial charge in [-0.2, -0.15) is 0 Å². The molecule has 1 saturated heterocycles. The van der Waals surface area contributed by atoms with E-state index in [4.69, 9.17) is 11.6 Å². The average molecular weight is 390 g/mol. The van der Waals surface area contributed by atoms with Crippen LogP contribution in [0.5, 0.6) is 0 Å². The SMILES string of the molecule is Cc1ccc(NC(=O)C2CNC(=O)N(c3ccc(F)c(Cl)c3)C2=O)cc1C. The van der Waals surface area contributed by atoms with Gasteiger partial charge >= 0.3 is 6.03 Å². The van der Waals surface area contributed by atoms with E-state index in [0.29, 0.717) is 5.69 Å². The molecule has 140 valence electrons. The smallest absolute Gasteiger partial charge is 0.328 e. The van der Waals surface area contributed by atoms with Gasteiger partial charge in [-0.05, 0) is 55.3 Å². The molecule has 4 amide bonds. The van der Waals surface area contributed by atoms with E-state index >= 15 is 0 Å². The molecule has 1 aliphatic rings. The first-order valence-electron chi connectivity index (χ1n) is 8.23. The van der Waals surface area contributed by atoms with E-state index in [-0.39, 0.29) is 17.3 Å². The molecule has 3 rings (SSSR count). The van der Waals surface area contributed by atoms with Crippen LogP contribution in [0.4, 0.5) is 20.6 Å². The third-order valence-corrected chi connectivity index (χ3v) is 4.72. The molecule has 1 aliphatic heterocycles. The van der Waals surface area contributed by atoms with E-state index in [9.17, 15) is 18.8 Å². The minimum absolute atomic E-state index is 0.0904. The fourth-order valence-corrected chi connectivity index (χ4v) is 2.91. The molecule has 2 aromatic rings. The van der Waals surface area contributed by atoms with Crippen LogP contribution in [0.3, 0.4) is 0 Å². The fourth-order valence-electron chi connectivity index (χ4n) is 2.73.